The summed E-state index contributed by atoms with van der Waals surface area (Å²) in [6.45, 7) is 0. The molecule has 2 heterocycles. The van der Waals surface area contributed by atoms with Crippen molar-refractivity contribution >= 4 is 21.5 Å². The Kier molecular flexibility index (Phi) is 4.44. The number of rotatable bonds is 5. The van der Waals surface area contributed by atoms with Gasteiger partial charge in [0.05, 0.1) is 12.8 Å². The van der Waals surface area contributed by atoms with E-state index in [1.165, 1.54) is 13.2 Å². The van der Waals surface area contributed by atoms with E-state index in [1.54, 1.807) is 40.9 Å². The Balaban J connectivity index is 1.61. The molecule has 0 radical (unpaired) electrons. The van der Waals surface area contributed by atoms with E-state index >= 15 is 0 Å². The van der Waals surface area contributed by atoms with Crippen molar-refractivity contribution < 1.29 is 17.5 Å². The number of benzene rings is 2. The van der Waals surface area contributed by atoms with Gasteiger partial charge in [-0.15, -0.1) is 0 Å². The number of imidazole rings is 1. The lowest BCUT2D eigenvalue weighted by molar-refractivity contribution is 0.401. The van der Waals surface area contributed by atoms with Crippen LogP contribution >= 0.6 is 0 Å². The predicted octanol–water partition coefficient (Wildman–Crippen LogP) is 3.34. The van der Waals surface area contributed by atoms with Gasteiger partial charge in [0.25, 0.3) is 10.0 Å². The van der Waals surface area contributed by atoms with Crippen molar-refractivity contribution in [3.8, 4) is 17.0 Å². The SMILES string of the molecule is COc1ccc(F)cc1S(=O)(=O)Nc1ccc(-c2cn3cccnc3n2)cc1. The minimum Gasteiger partial charge on any atom is -0.495 e. The van der Waals surface area contributed by atoms with Gasteiger partial charge in [-0.25, -0.2) is 22.8 Å². The van der Waals surface area contributed by atoms with Gasteiger partial charge < -0.3 is 4.74 Å². The number of ether oxygens (including phenoxy) is 1. The first kappa shape index (κ1) is 17.9. The summed E-state index contributed by atoms with van der Waals surface area (Å²) < 4.78 is 48.0. The van der Waals surface area contributed by atoms with E-state index < -0.39 is 15.8 Å². The monoisotopic (exact) mass is 398 g/mol. The van der Waals surface area contributed by atoms with Crippen molar-refractivity contribution in [3.05, 3.63) is 72.9 Å². The first-order chi connectivity index (χ1) is 13.5. The molecule has 28 heavy (non-hydrogen) atoms. The van der Waals surface area contributed by atoms with Crippen LogP contribution in [0.25, 0.3) is 17.0 Å². The molecule has 0 aliphatic rings. The highest BCUT2D eigenvalue weighted by atomic mass is 32.2. The molecule has 142 valence electrons. The maximum atomic E-state index is 13.5. The summed E-state index contributed by atoms with van der Waals surface area (Å²) in [4.78, 5) is 8.32. The summed E-state index contributed by atoms with van der Waals surface area (Å²) in [5.74, 6) is -0.0415. The lowest BCUT2D eigenvalue weighted by Crippen LogP contribution is -2.14. The van der Waals surface area contributed by atoms with Crippen LogP contribution in [-0.4, -0.2) is 29.9 Å². The number of fused-ring (bicyclic) bond motifs is 1. The molecule has 0 atom stereocenters. The average molecular weight is 398 g/mol. The fourth-order valence-corrected chi connectivity index (χ4v) is 3.99. The standard InChI is InChI=1S/C19H15FN4O3S/c1-27-17-8-5-14(20)11-18(17)28(25,26)23-15-6-3-13(4-7-15)16-12-24-10-2-9-21-19(24)22-16/h2-12,23H,1H3. The summed E-state index contributed by atoms with van der Waals surface area (Å²) in [5, 5.41) is 0. The predicted molar refractivity (Wildman–Crippen MR) is 102 cm³/mol. The van der Waals surface area contributed by atoms with Crippen molar-refractivity contribution in [2.45, 2.75) is 4.90 Å². The van der Waals surface area contributed by atoms with Gasteiger partial charge in [0.1, 0.15) is 16.5 Å². The first-order valence-corrected chi connectivity index (χ1v) is 9.71. The number of nitrogens with one attached hydrogen (secondary N) is 1. The van der Waals surface area contributed by atoms with Gasteiger partial charge in [-0.3, -0.25) is 9.12 Å². The van der Waals surface area contributed by atoms with E-state index in [0.717, 1.165) is 17.7 Å². The number of aromatic nitrogens is 3. The number of anilines is 1. The Morgan fingerprint density at radius 3 is 2.64 bits per heavy atom. The molecule has 0 unspecified atom stereocenters. The minimum atomic E-state index is -4.02. The van der Waals surface area contributed by atoms with Crippen LogP contribution in [0.15, 0.2) is 72.0 Å². The fourth-order valence-electron chi connectivity index (χ4n) is 2.75. The van der Waals surface area contributed by atoms with Crippen molar-refractivity contribution in [2.75, 3.05) is 11.8 Å². The topological polar surface area (TPSA) is 85.6 Å². The molecule has 0 aliphatic carbocycles. The number of hydrogen-bond donors (Lipinski definition) is 1. The molecule has 0 bridgehead atoms. The fraction of sp³-hybridized carbons (Fsp3) is 0.0526. The second kappa shape index (κ2) is 6.93. The zero-order valence-electron chi connectivity index (χ0n) is 14.7. The van der Waals surface area contributed by atoms with Gasteiger partial charge in [0.15, 0.2) is 0 Å². The van der Waals surface area contributed by atoms with Gasteiger partial charge >= 0.3 is 0 Å². The second-order valence-corrected chi connectivity index (χ2v) is 7.58. The van der Waals surface area contributed by atoms with Crippen LogP contribution in [0.3, 0.4) is 0 Å². The maximum Gasteiger partial charge on any atom is 0.265 e. The third-order valence-corrected chi connectivity index (χ3v) is 5.49. The summed E-state index contributed by atoms with van der Waals surface area (Å²) in [7, 11) is -2.70. The highest BCUT2D eigenvalue weighted by Crippen LogP contribution is 2.27. The molecular weight excluding hydrogens is 383 g/mol. The van der Waals surface area contributed by atoms with E-state index in [2.05, 4.69) is 14.7 Å². The van der Waals surface area contributed by atoms with Crippen molar-refractivity contribution in [3.63, 3.8) is 0 Å². The second-order valence-electron chi connectivity index (χ2n) is 5.93. The molecule has 2 aromatic heterocycles. The number of methoxy groups -OCH3 is 1. The molecule has 0 saturated carbocycles. The number of sulfonamides is 1. The van der Waals surface area contributed by atoms with Gasteiger partial charge in [0, 0.05) is 29.8 Å². The smallest absolute Gasteiger partial charge is 0.265 e. The first-order valence-electron chi connectivity index (χ1n) is 8.23. The van der Waals surface area contributed by atoms with Crippen LogP contribution in [0.5, 0.6) is 5.75 Å². The molecule has 0 amide bonds. The molecule has 9 heteroatoms. The van der Waals surface area contributed by atoms with Crippen LogP contribution in [0.4, 0.5) is 10.1 Å². The Morgan fingerprint density at radius 1 is 1.14 bits per heavy atom. The van der Waals surface area contributed by atoms with Gasteiger partial charge in [-0.2, -0.15) is 0 Å². The largest absolute Gasteiger partial charge is 0.495 e. The van der Waals surface area contributed by atoms with E-state index in [1.807, 2.05) is 12.4 Å². The van der Waals surface area contributed by atoms with Gasteiger partial charge in [-0.05, 0) is 36.4 Å². The number of nitrogens with zero attached hydrogens (tertiary/aromatic N) is 3. The Labute approximate surface area is 160 Å². The average Bonchev–Trinajstić information content (AvgIpc) is 3.12. The Bertz CT molecular complexity index is 1220. The zero-order chi connectivity index (χ0) is 19.7. The molecule has 0 spiro atoms. The van der Waals surface area contributed by atoms with Crippen molar-refractivity contribution in [1.82, 2.24) is 14.4 Å². The van der Waals surface area contributed by atoms with E-state index in [0.29, 0.717) is 17.2 Å². The van der Waals surface area contributed by atoms with E-state index in [9.17, 15) is 12.8 Å². The normalized spacial score (nSPS) is 11.5. The van der Waals surface area contributed by atoms with E-state index in [-0.39, 0.29) is 10.6 Å². The lowest BCUT2D eigenvalue weighted by Gasteiger charge is -2.12. The summed E-state index contributed by atoms with van der Waals surface area (Å²) in [6, 6.07) is 11.8. The quantitative estimate of drug-likeness (QED) is 0.557. The number of halogens is 1. The summed E-state index contributed by atoms with van der Waals surface area (Å²) in [6.07, 6.45) is 5.33. The van der Waals surface area contributed by atoms with Gasteiger partial charge in [-0.1, -0.05) is 12.1 Å². The van der Waals surface area contributed by atoms with Crippen LogP contribution < -0.4 is 9.46 Å². The van der Waals surface area contributed by atoms with Gasteiger partial charge in [0.2, 0.25) is 5.78 Å². The minimum absolute atomic E-state index is 0.0581. The van der Waals surface area contributed by atoms with Crippen molar-refractivity contribution in [1.29, 1.82) is 0 Å². The molecule has 0 aliphatic heterocycles. The maximum absolute atomic E-state index is 13.5. The zero-order valence-corrected chi connectivity index (χ0v) is 15.5. The summed E-state index contributed by atoms with van der Waals surface area (Å²) >= 11 is 0. The Hall–Kier alpha value is -3.46. The third-order valence-electron chi connectivity index (χ3n) is 4.08. The number of hydrogen-bond acceptors (Lipinski definition) is 5. The third kappa shape index (κ3) is 3.39. The lowest BCUT2D eigenvalue weighted by atomic mass is 10.1. The molecule has 7 nitrogen and oxygen atoms in total. The Morgan fingerprint density at radius 2 is 1.93 bits per heavy atom. The molecule has 0 fully saturated rings. The van der Waals surface area contributed by atoms with Crippen LogP contribution in [0.2, 0.25) is 0 Å². The molecule has 2 aromatic carbocycles. The molecule has 4 rings (SSSR count). The molecular formula is C19H15FN4O3S. The van der Waals surface area contributed by atoms with Crippen LogP contribution in [-0.2, 0) is 10.0 Å². The van der Waals surface area contributed by atoms with Crippen molar-refractivity contribution in [2.24, 2.45) is 0 Å². The molecule has 4 aromatic rings. The van der Waals surface area contributed by atoms with Crippen LogP contribution in [0.1, 0.15) is 0 Å². The van der Waals surface area contributed by atoms with Crippen LogP contribution in [0, 0.1) is 5.82 Å². The highest BCUT2D eigenvalue weighted by molar-refractivity contribution is 7.92. The summed E-state index contributed by atoms with van der Waals surface area (Å²) in [5.41, 5.74) is 1.84. The molecule has 1 N–H and O–H groups in total. The van der Waals surface area contributed by atoms with E-state index in [4.69, 9.17) is 4.74 Å². The molecule has 0 saturated heterocycles. The highest BCUT2D eigenvalue weighted by Gasteiger charge is 2.20.